The van der Waals surface area contributed by atoms with Crippen molar-refractivity contribution in [3.05, 3.63) is 18.0 Å². The lowest BCUT2D eigenvalue weighted by Gasteiger charge is -2.18. The topological polar surface area (TPSA) is 86.0 Å². The second kappa shape index (κ2) is 4.58. The van der Waals surface area contributed by atoms with Crippen molar-refractivity contribution in [2.45, 2.75) is 25.3 Å². The predicted octanol–water partition coefficient (Wildman–Crippen LogP) is 1.13. The maximum atomic E-state index is 5.34. The molecule has 1 atom stereocenters. The zero-order chi connectivity index (χ0) is 13.3. The summed E-state index contributed by atoms with van der Waals surface area (Å²) in [6.07, 6.45) is 2.10. The number of methoxy groups -OCH3 is 1. The van der Waals surface area contributed by atoms with Crippen molar-refractivity contribution in [3.8, 4) is 17.4 Å². The number of nitrogens with one attached hydrogen (secondary N) is 1. The lowest BCUT2D eigenvalue weighted by atomic mass is 10.0. The van der Waals surface area contributed by atoms with Gasteiger partial charge in [0.15, 0.2) is 0 Å². The Bertz CT molecular complexity index is 560. The predicted molar refractivity (Wildman–Crippen MR) is 66.5 cm³/mol. The van der Waals surface area contributed by atoms with Crippen LogP contribution in [0.1, 0.15) is 25.7 Å². The van der Waals surface area contributed by atoms with E-state index in [0.29, 0.717) is 23.3 Å². The first-order valence-corrected chi connectivity index (χ1v) is 6.18. The van der Waals surface area contributed by atoms with E-state index in [1.54, 1.807) is 19.2 Å². The van der Waals surface area contributed by atoms with Crippen molar-refractivity contribution in [1.29, 1.82) is 0 Å². The lowest BCUT2D eigenvalue weighted by Crippen LogP contribution is -2.33. The average Bonchev–Trinajstić information content (AvgIpc) is 3.08. The maximum Gasteiger partial charge on any atom is 0.247 e. The highest BCUT2D eigenvalue weighted by molar-refractivity contribution is 5.47. The summed E-state index contributed by atoms with van der Waals surface area (Å²) in [5, 5.41) is 15.2. The van der Waals surface area contributed by atoms with E-state index in [1.807, 2.05) is 0 Å². The molecule has 1 aliphatic heterocycles. The van der Waals surface area contributed by atoms with Crippen LogP contribution in [0.3, 0.4) is 0 Å². The third-order valence-electron chi connectivity index (χ3n) is 3.35. The zero-order valence-electron chi connectivity index (χ0n) is 10.9. The Balaban J connectivity index is 1.87. The first-order chi connectivity index (χ1) is 9.21. The highest BCUT2D eigenvalue weighted by atomic mass is 16.5. The van der Waals surface area contributed by atoms with Gasteiger partial charge in [-0.25, -0.2) is 0 Å². The van der Waals surface area contributed by atoms with E-state index in [0.717, 1.165) is 19.4 Å². The number of ether oxygens (including phenoxy) is 1. The number of nitrogens with zero attached hydrogens (tertiary/aromatic N) is 4. The second-order valence-electron chi connectivity index (χ2n) is 4.75. The molecular weight excluding hydrogens is 246 g/mol. The number of aromatic nitrogens is 4. The van der Waals surface area contributed by atoms with Gasteiger partial charge in [0, 0.05) is 6.07 Å². The van der Waals surface area contributed by atoms with Crippen molar-refractivity contribution in [3.63, 3.8) is 0 Å². The maximum absolute atomic E-state index is 5.34. The molecule has 2 aromatic rings. The van der Waals surface area contributed by atoms with Crippen LogP contribution in [0.25, 0.3) is 11.5 Å². The molecule has 0 saturated carbocycles. The van der Waals surface area contributed by atoms with Gasteiger partial charge < -0.3 is 14.6 Å². The fourth-order valence-corrected chi connectivity index (χ4v) is 2.18. The van der Waals surface area contributed by atoms with E-state index in [-0.39, 0.29) is 5.54 Å². The molecule has 0 bridgehead atoms. The van der Waals surface area contributed by atoms with Crippen molar-refractivity contribution in [2.24, 2.45) is 0 Å². The van der Waals surface area contributed by atoms with Crippen LogP contribution in [-0.2, 0) is 5.54 Å². The van der Waals surface area contributed by atoms with E-state index >= 15 is 0 Å². The van der Waals surface area contributed by atoms with Gasteiger partial charge in [0.25, 0.3) is 0 Å². The standard InChI is InChI=1S/C12H15N5O2/c1-12(6-3-7-13-12)11-14-10(17-19-11)8-4-5-9(18-2)16-15-8/h4-5,13H,3,6-7H2,1-2H3. The number of rotatable bonds is 3. The van der Waals surface area contributed by atoms with Gasteiger partial charge >= 0.3 is 0 Å². The van der Waals surface area contributed by atoms with Gasteiger partial charge in [0.1, 0.15) is 5.69 Å². The Morgan fingerprint density at radius 2 is 2.26 bits per heavy atom. The summed E-state index contributed by atoms with van der Waals surface area (Å²) >= 11 is 0. The molecule has 1 unspecified atom stereocenters. The lowest BCUT2D eigenvalue weighted by molar-refractivity contribution is 0.275. The van der Waals surface area contributed by atoms with Crippen molar-refractivity contribution in [2.75, 3.05) is 13.7 Å². The fraction of sp³-hybridized carbons (Fsp3) is 0.500. The number of hydrogen-bond acceptors (Lipinski definition) is 7. The van der Waals surface area contributed by atoms with Crippen LogP contribution < -0.4 is 10.1 Å². The Hall–Kier alpha value is -2.02. The summed E-state index contributed by atoms with van der Waals surface area (Å²) in [5.41, 5.74) is 0.336. The van der Waals surface area contributed by atoms with Gasteiger partial charge in [-0.15, -0.1) is 10.2 Å². The molecule has 7 nitrogen and oxygen atoms in total. The van der Waals surface area contributed by atoms with E-state index in [9.17, 15) is 0 Å². The van der Waals surface area contributed by atoms with E-state index in [2.05, 4.69) is 32.6 Å². The minimum atomic E-state index is -0.231. The van der Waals surface area contributed by atoms with Crippen molar-refractivity contribution >= 4 is 0 Å². The highest BCUT2D eigenvalue weighted by Gasteiger charge is 2.35. The van der Waals surface area contributed by atoms with Gasteiger partial charge in [-0.05, 0) is 32.4 Å². The third-order valence-corrected chi connectivity index (χ3v) is 3.35. The molecule has 3 rings (SSSR count). The van der Waals surface area contributed by atoms with Crippen LogP contribution in [0.5, 0.6) is 5.88 Å². The minimum Gasteiger partial charge on any atom is -0.480 e. The summed E-state index contributed by atoms with van der Waals surface area (Å²) < 4.78 is 10.3. The highest BCUT2D eigenvalue weighted by Crippen LogP contribution is 2.29. The molecule has 0 amide bonds. The van der Waals surface area contributed by atoms with Crippen LogP contribution in [-0.4, -0.2) is 34.0 Å². The molecule has 1 saturated heterocycles. The zero-order valence-corrected chi connectivity index (χ0v) is 10.9. The van der Waals surface area contributed by atoms with Crippen LogP contribution in [0.4, 0.5) is 0 Å². The molecule has 1 N–H and O–H groups in total. The van der Waals surface area contributed by atoms with E-state index < -0.39 is 0 Å². The monoisotopic (exact) mass is 261 g/mol. The smallest absolute Gasteiger partial charge is 0.247 e. The van der Waals surface area contributed by atoms with E-state index in [4.69, 9.17) is 9.26 Å². The molecule has 2 aromatic heterocycles. The Morgan fingerprint density at radius 1 is 1.37 bits per heavy atom. The van der Waals surface area contributed by atoms with Crippen LogP contribution >= 0.6 is 0 Å². The molecule has 100 valence electrons. The molecule has 0 radical (unpaired) electrons. The van der Waals surface area contributed by atoms with Crippen LogP contribution in [0.15, 0.2) is 16.7 Å². The van der Waals surface area contributed by atoms with Crippen molar-refractivity contribution in [1.82, 2.24) is 25.7 Å². The molecule has 1 fully saturated rings. The first-order valence-electron chi connectivity index (χ1n) is 6.18. The molecule has 0 aliphatic carbocycles. The van der Waals surface area contributed by atoms with Gasteiger partial charge in [-0.2, -0.15) is 4.98 Å². The normalized spacial score (nSPS) is 22.6. The number of hydrogen-bond donors (Lipinski definition) is 1. The molecule has 0 aromatic carbocycles. The van der Waals surface area contributed by atoms with E-state index in [1.165, 1.54) is 0 Å². The summed E-state index contributed by atoms with van der Waals surface area (Å²) in [6.45, 7) is 3.04. The summed E-state index contributed by atoms with van der Waals surface area (Å²) in [5.74, 6) is 1.49. The molecule has 3 heterocycles. The van der Waals surface area contributed by atoms with Crippen LogP contribution in [0.2, 0.25) is 0 Å². The minimum absolute atomic E-state index is 0.231. The van der Waals surface area contributed by atoms with Gasteiger partial charge in [-0.1, -0.05) is 5.16 Å². The largest absolute Gasteiger partial charge is 0.480 e. The third kappa shape index (κ3) is 2.17. The Kier molecular flexibility index (Phi) is 2.90. The molecule has 0 spiro atoms. The Labute approximate surface area is 110 Å². The summed E-state index contributed by atoms with van der Waals surface area (Å²) in [7, 11) is 1.54. The molecule has 1 aliphatic rings. The SMILES string of the molecule is COc1ccc(-c2noc(C3(C)CCCN3)n2)nn1. The fourth-order valence-electron chi connectivity index (χ4n) is 2.18. The molecule has 7 heteroatoms. The van der Waals surface area contributed by atoms with Gasteiger partial charge in [-0.3, -0.25) is 0 Å². The quantitative estimate of drug-likeness (QED) is 0.886. The summed E-state index contributed by atoms with van der Waals surface area (Å²) in [6, 6.07) is 3.47. The molecule has 19 heavy (non-hydrogen) atoms. The van der Waals surface area contributed by atoms with Crippen LogP contribution in [0, 0.1) is 0 Å². The molecular formula is C12H15N5O2. The summed E-state index contributed by atoms with van der Waals surface area (Å²) in [4.78, 5) is 4.41. The van der Waals surface area contributed by atoms with Gasteiger partial charge in [0.05, 0.1) is 12.6 Å². The van der Waals surface area contributed by atoms with Gasteiger partial charge in [0.2, 0.25) is 17.6 Å². The Morgan fingerprint density at radius 3 is 2.89 bits per heavy atom. The first kappa shape index (κ1) is 12.0. The van der Waals surface area contributed by atoms with Crippen molar-refractivity contribution < 1.29 is 9.26 Å². The average molecular weight is 261 g/mol. The second-order valence-corrected chi connectivity index (χ2v) is 4.75.